The molecule has 3 rings (SSSR count). The molecule has 2 saturated carbocycles. The Bertz CT molecular complexity index is 541. The van der Waals surface area contributed by atoms with Crippen LogP contribution in [0.2, 0.25) is 10.0 Å². The van der Waals surface area contributed by atoms with E-state index in [9.17, 15) is 0 Å². The molecular weight excluding hydrogens is 341 g/mol. The summed E-state index contributed by atoms with van der Waals surface area (Å²) in [4.78, 5) is 4.98. The van der Waals surface area contributed by atoms with Crippen LogP contribution in [0.4, 0.5) is 5.69 Å². The van der Waals surface area contributed by atoms with Crippen LogP contribution in [0, 0.1) is 0 Å². The lowest BCUT2D eigenvalue weighted by molar-refractivity contribution is 0.408. The van der Waals surface area contributed by atoms with Crippen molar-refractivity contribution in [1.82, 2.24) is 5.32 Å². The molecule has 0 amide bonds. The average Bonchev–Trinajstić information content (AvgIpc) is 2.60. The minimum absolute atomic E-state index is 0.401. The Hall–Kier alpha value is -0.930. The fourth-order valence-electron chi connectivity index (χ4n) is 3.67. The van der Waals surface area contributed by atoms with Crippen LogP contribution in [0.1, 0.15) is 64.2 Å². The first-order chi connectivity index (χ1) is 11.7. The summed E-state index contributed by atoms with van der Waals surface area (Å²) in [6.45, 7) is 0. The summed E-state index contributed by atoms with van der Waals surface area (Å²) in [7, 11) is 0. The van der Waals surface area contributed by atoms with Gasteiger partial charge in [-0.25, -0.2) is 4.99 Å². The molecule has 1 aromatic carbocycles. The highest BCUT2D eigenvalue weighted by Crippen LogP contribution is 2.30. The second kappa shape index (κ2) is 8.96. The predicted octanol–water partition coefficient (Wildman–Crippen LogP) is 6.02. The fraction of sp³-hybridized carbons (Fsp3) is 0.632. The molecule has 24 heavy (non-hydrogen) atoms. The zero-order valence-corrected chi connectivity index (χ0v) is 15.7. The molecule has 2 aliphatic carbocycles. The SMILES string of the molecule is Clc1cccc(Cl)c1NC(=NC1CCCCC1)NC1CCCCC1. The quantitative estimate of drug-likeness (QED) is 0.506. The summed E-state index contributed by atoms with van der Waals surface area (Å²) in [5.41, 5.74) is 0.749. The van der Waals surface area contributed by atoms with Crippen LogP contribution in [0.5, 0.6) is 0 Å². The summed E-state index contributed by atoms with van der Waals surface area (Å²) in [6, 6.07) is 6.47. The third-order valence-electron chi connectivity index (χ3n) is 5.04. The van der Waals surface area contributed by atoms with Gasteiger partial charge in [0.15, 0.2) is 5.96 Å². The maximum absolute atomic E-state index is 6.33. The summed E-state index contributed by atoms with van der Waals surface area (Å²) in [5.74, 6) is 0.837. The van der Waals surface area contributed by atoms with Crippen molar-refractivity contribution in [3.05, 3.63) is 28.2 Å². The number of hydrogen-bond acceptors (Lipinski definition) is 1. The van der Waals surface area contributed by atoms with Crippen LogP contribution in [0.15, 0.2) is 23.2 Å². The van der Waals surface area contributed by atoms with E-state index in [4.69, 9.17) is 28.2 Å². The lowest BCUT2D eigenvalue weighted by atomic mass is 9.95. The van der Waals surface area contributed by atoms with Crippen molar-refractivity contribution >= 4 is 34.8 Å². The fourth-order valence-corrected chi connectivity index (χ4v) is 4.17. The molecule has 2 aliphatic rings. The Morgan fingerprint density at radius 2 is 1.46 bits per heavy atom. The normalized spacial score (nSPS) is 20.8. The van der Waals surface area contributed by atoms with Gasteiger partial charge >= 0.3 is 0 Å². The standard InChI is InChI=1S/C19H27Cl2N3/c20-16-12-7-13-17(21)18(16)24-19(22-14-8-3-1-4-9-14)23-15-10-5-2-6-11-15/h7,12-15H,1-6,8-11H2,(H2,22,23,24). The maximum atomic E-state index is 6.33. The number of hydrogen-bond donors (Lipinski definition) is 2. The van der Waals surface area contributed by atoms with Crippen molar-refractivity contribution in [2.45, 2.75) is 76.3 Å². The van der Waals surface area contributed by atoms with Crippen molar-refractivity contribution in [3.63, 3.8) is 0 Å². The third kappa shape index (κ3) is 5.03. The number of halogens is 2. The number of nitrogens with zero attached hydrogens (tertiary/aromatic N) is 1. The molecule has 0 saturated heterocycles. The first kappa shape index (κ1) is 17.9. The van der Waals surface area contributed by atoms with Gasteiger partial charge in [-0.3, -0.25) is 0 Å². The van der Waals surface area contributed by atoms with E-state index in [0.717, 1.165) is 11.6 Å². The Labute approximate surface area is 155 Å². The van der Waals surface area contributed by atoms with Crippen LogP contribution in [0.3, 0.4) is 0 Å². The first-order valence-corrected chi connectivity index (χ1v) is 10.0. The number of guanidine groups is 1. The van der Waals surface area contributed by atoms with Gasteiger partial charge in [-0.05, 0) is 37.8 Å². The van der Waals surface area contributed by atoms with Gasteiger partial charge in [0.2, 0.25) is 0 Å². The largest absolute Gasteiger partial charge is 0.353 e. The summed E-state index contributed by atoms with van der Waals surface area (Å²) < 4.78 is 0. The predicted molar refractivity (Wildman–Crippen MR) is 104 cm³/mol. The molecule has 0 aliphatic heterocycles. The van der Waals surface area contributed by atoms with Gasteiger partial charge in [0, 0.05) is 6.04 Å². The third-order valence-corrected chi connectivity index (χ3v) is 5.67. The van der Waals surface area contributed by atoms with Crippen molar-refractivity contribution in [1.29, 1.82) is 0 Å². The zero-order valence-electron chi connectivity index (χ0n) is 14.2. The van der Waals surface area contributed by atoms with Crippen LogP contribution >= 0.6 is 23.2 Å². The molecule has 5 heteroatoms. The Morgan fingerprint density at radius 1 is 0.875 bits per heavy atom. The molecule has 132 valence electrons. The Kier molecular flexibility index (Phi) is 6.67. The number of nitrogens with one attached hydrogen (secondary N) is 2. The monoisotopic (exact) mass is 367 g/mol. The Morgan fingerprint density at radius 3 is 2.08 bits per heavy atom. The van der Waals surface area contributed by atoms with Crippen LogP contribution in [-0.2, 0) is 0 Å². The average molecular weight is 368 g/mol. The molecule has 3 nitrogen and oxygen atoms in total. The van der Waals surface area contributed by atoms with E-state index in [1.807, 2.05) is 18.2 Å². The number of aliphatic imine (C=N–C) groups is 1. The van der Waals surface area contributed by atoms with E-state index in [0.29, 0.717) is 22.1 Å². The molecule has 1 aromatic rings. The summed E-state index contributed by atoms with van der Waals surface area (Å²) >= 11 is 12.7. The summed E-state index contributed by atoms with van der Waals surface area (Å²) in [6.07, 6.45) is 12.6. The highest BCUT2D eigenvalue weighted by atomic mass is 35.5. The molecule has 0 unspecified atom stereocenters. The van der Waals surface area contributed by atoms with Crippen molar-refractivity contribution in [2.75, 3.05) is 5.32 Å². The minimum Gasteiger partial charge on any atom is -0.353 e. The van der Waals surface area contributed by atoms with E-state index in [2.05, 4.69) is 10.6 Å². The molecule has 0 heterocycles. The highest BCUT2D eigenvalue weighted by molar-refractivity contribution is 6.39. The number of anilines is 1. The van der Waals surface area contributed by atoms with Gasteiger partial charge in [0.25, 0.3) is 0 Å². The van der Waals surface area contributed by atoms with Crippen LogP contribution in [0.25, 0.3) is 0 Å². The van der Waals surface area contributed by atoms with Gasteiger partial charge in [-0.1, -0.05) is 67.8 Å². The van der Waals surface area contributed by atoms with E-state index in [1.54, 1.807) is 0 Å². The van der Waals surface area contributed by atoms with Gasteiger partial charge in [-0.15, -0.1) is 0 Å². The molecule has 0 atom stereocenters. The smallest absolute Gasteiger partial charge is 0.196 e. The molecule has 0 spiro atoms. The Balaban J connectivity index is 1.76. The minimum atomic E-state index is 0.401. The van der Waals surface area contributed by atoms with E-state index < -0.39 is 0 Å². The van der Waals surface area contributed by atoms with Gasteiger partial charge in [-0.2, -0.15) is 0 Å². The van der Waals surface area contributed by atoms with Crippen molar-refractivity contribution in [3.8, 4) is 0 Å². The molecule has 2 N–H and O–H groups in total. The number of rotatable bonds is 3. The van der Waals surface area contributed by atoms with Crippen LogP contribution < -0.4 is 10.6 Å². The number of para-hydroxylation sites is 1. The lowest BCUT2D eigenvalue weighted by Crippen LogP contribution is -2.41. The van der Waals surface area contributed by atoms with Gasteiger partial charge < -0.3 is 10.6 Å². The second-order valence-electron chi connectivity index (χ2n) is 6.97. The van der Waals surface area contributed by atoms with E-state index in [1.165, 1.54) is 64.2 Å². The first-order valence-electron chi connectivity index (χ1n) is 9.28. The van der Waals surface area contributed by atoms with Gasteiger partial charge in [0.05, 0.1) is 21.8 Å². The summed E-state index contributed by atoms with van der Waals surface area (Å²) in [5, 5.41) is 8.27. The molecule has 0 aromatic heterocycles. The lowest BCUT2D eigenvalue weighted by Gasteiger charge is -2.27. The van der Waals surface area contributed by atoms with E-state index >= 15 is 0 Å². The van der Waals surface area contributed by atoms with Crippen LogP contribution in [-0.4, -0.2) is 18.0 Å². The molecular formula is C19H27Cl2N3. The number of benzene rings is 1. The molecule has 0 bridgehead atoms. The molecule has 0 radical (unpaired) electrons. The maximum Gasteiger partial charge on any atom is 0.196 e. The molecule has 2 fully saturated rings. The second-order valence-corrected chi connectivity index (χ2v) is 7.78. The van der Waals surface area contributed by atoms with E-state index in [-0.39, 0.29) is 0 Å². The topological polar surface area (TPSA) is 36.4 Å². The highest BCUT2D eigenvalue weighted by Gasteiger charge is 2.19. The van der Waals surface area contributed by atoms with Crippen molar-refractivity contribution in [2.24, 2.45) is 4.99 Å². The van der Waals surface area contributed by atoms with Crippen molar-refractivity contribution < 1.29 is 0 Å². The zero-order chi connectivity index (χ0) is 16.8. The van der Waals surface area contributed by atoms with Gasteiger partial charge in [0.1, 0.15) is 0 Å².